The minimum Gasteiger partial charge on any atom is -0.477 e. The Morgan fingerprint density at radius 2 is 2.22 bits per heavy atom. The maximum atomic E-state index is 12.0. The number of pyridine rings is 1. The first-order valence-electron chi connectivity index (χ1n) is 5.30. The molecule has 0 saturated heterocycles. The Balaban J connectivity index is 2.96. The van der Waals surface area contributed by atoms with Crippen molar-refractivity contribution >= 4 is 11.9 Å². The molecule has 18 heavy (non-hydrogen) atoms. The number of carboxylic acid groups (broad SMARTS) is 1. The van der Waals surface area contributed by atoms with Crippen molar-refractivity contribution in [2.45, 2.75) is 0 Å². The fourth-order valence-corrected chi connectivity index (χ4v) is 1.42. The second-order valence-corrected chi connectivity index (χ2v) is 3.50. The van der Waals surface area contributed by atoms with Crippen LogP contribution in [0.2, 0.25) is 0 Å². The normalized spacial score (nSPS) is 9.83. The van der Waals surface area contributed by atoms with Crippen molar-refractivity contribution < 1.29 is 19.8 Å². The van der Waals surface area contributed by atoms with Crippen LogP contribution in [0.4, 0.5) is 0 Å². The number of rotatable bonds is 6. The van der Waals surface area contributed by atoms with Gasteiger partial charge in [-0.2, -0.15) is 0 Å². The van der Waals surface area contributed by atoms with Gasteiger partial charge in [0.1, 0.15) is 5.69 Å². The van der Waals surface area contributed by atoms with Gasteiger partial charge in [-0.15, -0.1) is 6.58 Å². The van der Waals surface area contributed by atoms with E-state index in [9.17, 15) is 9.59 Å². The zero-order valence-electron chi connectivity index (χ0n) is 9.74. The van der Waals surface area contributed by atoms with Crippen LogP contribution in [0.25, 0.3) is 0 Å². The maximum Gasteiger partial charge on any atom is 0.354 e. The zero-order chi connectivity index (χ0) is 13.5. The molecule has 0 aliphatic heterocycles. The summed E-state index contributed by atoms with van der Waals surface area (Å²) in [6, 6.07) is 2.64. The molecule has 1 aromatic heterocycles. The standard InChI is InChI=1S/C12H14N2O4/c1-2-5-14(6-7-15)11(16)9-3-4-13-10(8-9)12(17)18/h2-4,8,15H,1,5-7H2,(H,17,18). The average molecular weight is 250 g/mol. The van der Waals surface area contributed by atoms with E-state index in [-0.39, 0.29) is 36.9 Å². The third kappa shape index (κ3) is 3.39. The lowest BCUT2D eigenvalue weighted by atomic mass is 10.2. The molecule has 0 aliphatic rings. The third-order valence-corrected chi connectivity index (χ3v) is 2.23. The number of amides is 1. The van der Waals surface area contributed by atoms with Crippen molar-refractivity contribution in [2.24, 2.45) is 0 Å². The molecule has 0 atom stereocenters. The quantitative estimate of drug-likeness (QED) is 0.713. The minimum absolute atomic E-state index is 0.162. The molecular weight excluding hydrogens is 236 g/mol. The van der Waals surface area contributed by atoms with E-state index >= 15 is 0 Å². The molecule has 0 spiro atoms. The van der Waals surface area contributed by atoms with E-state index in [0.717, 1.165) is 0 Å². The Kier molecular flexibility index (Phi) is 5.01. The van der Waals surface area contributed by atoms with Gasteiger partial charge in [0.2, 0.25) is 0 Å². The molecule has 0 aromatic carbocycles. The van der Waals surface area contributed by atoms with Gasteiger partial charge in [0.15, 0.2) is 0 Å². The minimum atomic E-state index is -1.19. The first kappa shape index (κ1) is 13.9. The van der Waals surface area contributed by atoms with Gasteiger partial charge in [0.25, 0.3) is 5.91 Å². The van der Waals surface area contributed by atoms with E-state index in [1.165, 1.54) is 29.3 Å². The molecule has 0 unspecified atom stereocenters. The predicted octanol–water partition coefficient (Wildman–Crippen LogP) is 0.400. The summed E-state index contributed by atoms with van der Waals surface area (Å²) in [4.78, 5) is 27.8. The van der Waals surface area contributed by atoms with Crippen molar-refractivity contribution in [3.05, 3.63) is 42.2 Å². The van der Waals surface area contributed by atoms with Crippen molar-refractivity contribution in [2.75, 3.05) is 19.7 Å². The molecule has 1 aromatic rings. The summed E-state index contributed by atoms with van der Waals surface area (Å²) in [6.07, 6.45) is 2.80. The molecule has 6 nitrogen and oxygen atoms in total. The van der Waals surface area contributed by atoms with Crippen molar-refractivity contribution in [1.82, 2.24) is 9.88 Å². The summed E-state index contributed by atoms with van der Waals surface area (Å²) < 4.78 is 0. The Morgan fingerprint density at radius 1 is 1.50 bits per heavy atom. The van der Waals surface area contributed by atoms with E-state index in [1.807, 2.05) is 0 Å². The second-order valence-electron chi connectivity index (χ2n) is 3.50. The number of aliphatic hydroxyl groups is 1. The number of hydrogen-bond acceptors (Lipinski definition) is 4. The van der Waals surface area contributed by atoms with E-state index in [1.54, 1.807) is 0 Å². The van der Waals surface area contributed by atoms with Crippen LogP contribution < -0.4 is 0 Å². The molecule has 96 valence electrons. The van der Waals surface area contributed by atoms with Gasteiger partial charge in [-0.1, -0.05) is 6.08 Å². The highest BCUT2D eigenvalue weighted by molar-refractivity contribution is 5.96. The molecule has 0 radical (unpaired) electrons. The van der Waals surface area contributed by atoms with Gasteiger partial charge in [0.05, 0.1) is 6.61 Å². The summed E-state index contributed by atoms with van der Waals surface area (Å²) >= 11 is 0. The zero-order valence-corrected chi connectivity index (χ0v) is 9.74. The monoisotopic (exact) mass is 250 g/mol. The number of carbonyl (C=O) groups is 2. The number of nitrogens with zero attached hydrogens (tertiary/aromatic N) is 2. The number of aromatic carboxylic acids is 1. The molecular formula is C12H14N2O4. The molecule has 0 bridgehead atoms. The third-order valence-electron chi connectivity index (χ3n) is 2.23. The molecule has 2 N–H and O–H groups in total. The van der Waals surface area contributed by atoms with Gasteiger partial charge < -0.3 is 15.1 Å². The smallest absolute Gasteiger partial charge is 0.354 e. The van der Waals surface area contributed by atoms with Crippen LogP contribution in [0.15, 0.2) is 31.0 Å². The lowest BCUT2D eigenvalue weighted by molar-refractivity contribution is 0.0690. The van der Waals surface area contributed by atoms with Gasteiger partial charge in [-0.25, -0.2) is 9.78 Å². The fourth-order valence-electron chi connectivity index (χ4n) is 1.42. The SMILES string of the molecule is C=CCN(CCO)C(=O)c1ccnc(C(=O)O)c1. The Labute approximate surface area is 104 Å². The van der Waals surface area contributed by atoms with Crippen molar-refractivity contribution in [3.63, 3.8) is 0 Å². The largest absolute Gasteiger partial charge is 0.477 e. The summed E-state index contributed by atoms with van der Waals surface area (Å²) in [5, 5.41) is 17.7. The topological polar surface area (TPSA) is 90.7 Å². The van der Waals surface area contributed by atoms with Crippen LogP contribution in [0, 0.1) is 0 Å². The van der Waals surface area contributed by atoms with Crippen LogP contribution in [0.3, 0.4) is 0 Å². The molecule has 1 amide bonds. The summed E-state index contributed by atoms with van der Waals surface area (Å²) in [6.45, 7) is 3.80. The van der Waals surface area contributed by atoms with Crippen LogP contribution in [-0.4, -0.2) is 51.7 Å². The van der Waals surface area contributed by atoms with E-state index in [0.29, 0.717) is 0 Å². The Hall–Kier alpha value is -2.21. The van der Waals surface area contributed by atoms with E-state index < -0.39 is 5.97 Å². The van der Waals surface area contributed by atoms with Crippen LogP contribution in [0.1, 0.15) is 20.8 Å². The van der Waals surface area contributed by atoms with Crippen LogP contribution in [0.5, 0.6) is 0 Å². The highest BCUT2D eigenvalue weighted by Crippen LogP contribution is 2.06. The predicted molar refractivity (Wildman–Crippen MR) is 64.4 cm³/mol. The summed E-state index contributed by atoms with van der Waals surface area (Å²) in [5.74, 6) is -1.56. The summed E-state index contributed by atoms with van der Waals surface area (Å²) in [5.41, 5.74) is 0.0288. The van der Waals surface area contributed by atoms with Gasteiger partial charge in [0, 0.05) is 24.8 Å². The first-order valence-corrected chi connectivity index (χ1v) is 5.30. The molecule has 0 fully saturated rings. The Bertz CT molecular complexity index is 459. The van der Waals surface area contributed by atoms with Crippen molar-refractivity contribution in [3.8, 4) is 0 Å². The van der Waals surface area contributed by atoms with Crippen LogP contribution >= 0.6 is 0 Å². The number of carbonyl (C=O) groups excluding carboxylic acids is 1. The maximum absolute atomic E-state index is 12.0. The number of aromatic nitrogens is 1. The highest BCUT2D eigenvalue weighted by Gasteiger charge is 2.16. The summed E-state index contributed by atoms with van der Waals surface area (Å²) in [7, 11) is 0. The number of aliphatic hydroxyl groups excluding tert-OH is 1. The lowest BCUT2D eigenvalue weighted by Gasteiger charge is -2.19. The molecule has 0 saturated carbocycles. The second kappa shape index (κ2) is 6.51. The fraction of sp³-hybridized carbons (Fsp3) is 0.250. The molecule has 1 rings (SSSR count). The molecule has 1 heterocycles. The van der Waals surface area contributed by atoms with Gasteiger partial charge >= 0.3 is 5.97 Å². The van der Waals surface area contributed by atoms with Gasteiger partial charge in [-0.3, -0.25) is 4.79 Å². The average Bonchev–Trinajstić information content (AvgIpc) is 2.38. The van der Waals surface area contributed by atoms with Gasteiger partial charge in [-0.05, 0) is 12.1 Å². The molecule has 0 aliphatic carbocycles. The van der Waals surface area contributed by atoms with E-state index in [2.05, 4.69) is 11.6 Å². The van der Waals surface area contributed by atoms with Crippen molar-refractivity contribution in [1.29, 1.82) is 0 Å². The number of hydrogen-bond donors (Lipinski definition) is 2. The lowest BCUT2D eigenvalue weighted by Crippen LogP contribution is -2.33. The molecule has 6 heteroatoms. The van der Waals surface area contributed by atoms with E-state index in [4.69, 9.17) is 10.2 Å². The Morgan fingerprint density at radius 3 is 2.78 bits per heavy atom. The van der Waals surface area contributed by atoms with Crippen LogP contribution in [-0.2, 0) is 0 Å². The highest BCUT2D eigenvalue weighted by atomic mass is 16.4. The number of carboxylic acids is 1. The first-order chi connectivity index (χ1) is 8.60.